The van der Waals surface area contributed by atoms with Crippen LogP contribution in [0.5, 0.6) is 0 Å². The SMILES string of the molecule is O=C1NC(=S)SC1=Cc1cc(-c2cc3ccccc3cn2)cs1. The van der Waals surface area contributed by atoms with E-state index in [-0.39, 0.29) is 5.91 Å². The minimum absolute atomic E-state index is 0.126. The number of carbonyl (C=O) groups excluding carboxylic acids is 1. The summed E-state index contributed by atoms with van der Waals surface area (Å²) in [5, 5.41) is 6.97. The minimum Gasteiger partial charge on any atom is -0.307 e. The lowest BCUT2D eigenvalue weighted by atomic mass is 10.1. The number of pyridine rings is 1. The number of thiocarbonyl (C=S) groups is 1. The summed E-state index contributed by atoms with van der Waals surface area (Å²) < 4.78 is 0.509. The van der Waals surface area contributed by atoms with E-state index in [0.29, 0.717) is 9.23 Å². The molecule has 6 heteroatoms. The minimum atomic E-state index is -0.126. The lowest BCUT2D eigenvalue weighted by molar-refractivity contribution is -0.115. The number of benzene rings is 1. The van der Waals surface area contributed by atoms with Gasteiger partial charge >= 0.3 is 0 Å². The summed E-state index contributed by atoms with van der Waals surface area (Å²) in [4.78, 5) is 17.9. The van der Waals surface area contributed by atoms with Gasteiger partial charge in [-0.3, -0.25) is 9.78 Å². The van der Waals surface area contributed by atoms with E-state index < -0.39 is 0 Å². The van der Waals surface area contributed by atoms with Crippen molar-refractivity contribution in [1.82, 2.24) is 10.3 Å². The quantitative estimate of drug-likeness (QED) is 0.545. The van der Waals surface area contributed by atoms with Crippen LogP contribution in [-0.4, -0.2) is 15.2 Å². The number of hydrogen-bond donors (Lipinski definition) is 1. The summed E-state index contributed by atoms with van der Waals surface area (Å²) in [6.45, 7) is 0. The van der Waals surface area contributed by atoms with Gasteiger partial charge in [-0.25, -0.2) is 0 Å². The smallest absolute Gasteiger partial charge is 0.263 e. The van der Waals surface area contributed by atoms with E-state index in [2.05, 4.69) is 27.8 Å². The van der Waals surface area contributed by atoms with E-state index in [4.69, 9.17) is 12.2 Å². The molecule has 4 rings (SSSR count). The van der Waals surface area contributed by atoms with Crippen LogP contribution in [0.2, 0.25) is 0 Å². The van der Waals surface area contributed by atoms with Crippen LogP contribution in [0.4, 0.5) is 0 Å². The average Bonchev–Trinajstić information content (AvgIpc) is 3.14. The highest BCUT2D eigenvalue weighted by Crippen LogP contribution is 2.31. The molecule has 0 radical (unpaired) electrons. The predicted molar refractivity (Wildman–Crippen MR) is 101 cm³/mol. The van der Waals surface area contributed by atoms with Gasteiger partial charge in [-0.15, -0.1) is 11.3 Å². The molecule has 112 valence electrons. The third kappa shape index (κ3) is 2.93. The van der Waals surface area contributed by atoms with E-state index in [9.17, 15) is 4.79 Å². The molecule has 3 nitrogen and oxygen atoms in total. The Kier molecular flexibility index (Phi) is 3.72. The number of aromatic nitrogens is 1. The van der Waals surface area contributed by atoms with Gasteiger partial charge in [0, 0.05) is 27.4 Å². The standard InChI is InChI=1S/C17H10N2OS3/c20-16-15(23-17(21)19-16)7-13-5-12(9-22-13)14-6-10-3-1-2-4-11(10)8-18-14/h1-9H,(H,19,20,21). The summed E-state index contributed by atoms with van der Waals surface area (Å²) >= 11 is 7.88. The number of carbonyl (C=O) groups is 1. The molecule has 1 saturated heterocycles. The van der Waals surface area contributed by atoms with Gasteiger partial charge in [0.15, 0.2) is 0 Å². The topological polar surface area (TPSA) is 42.0 Å². The molecule has 23 heavy (non-hydrogen) atoms. The Morgan fingerprint density at radius 3 is 2.78 bits per heavy atom. The third-order valence-electron chi connectivity index (χ3n) is 3.46. The van der Waals surface area contributed by atoms with Gasteiger partial charge in [-0.1, -0.05) is 48.2 Å². The van der Waals surface area contributed by atoms with Gasteiger partial charge in [0.2, 0.25) is 0 Å². The van der Waals surface area contributed by atoms with Crippen molar-refractivity contribution in [2.75, 3.05) is 0 Å². The third-order valence-corrected chi connectivity index (χ3v) is 5.50. The first-order valence-electron chi connectivity index (χ1n) is 6.87. The molecular formula is C17H10N2OS3. The molecule has 1 aliphatic rings. The molecule has 0 saturated carbocycles. The fourth-order valence-corrected chi connectivity index (χ4v) is 4.30. The first-order valence-corrected chi connectivity index (χ1v) is 8.98. The Bertz CT molecular complexity index is 975. The fraction of sp³-hybridized carbons (Fsp3) is 0. The number of rotatable bonds is 2. The van der Waals surface area contributed by atoms with Crippen LogP contribution >= 0.6 is 35.3 Å². The second-order valence-electron chi connectivity index (χ2n) is 5.01. The van der Waals surface area contributed by atoms with Gasteiger partial charge in [0.1, 0.15) is 4.32 Å². The summed E-state index contributed by atoms with van der Waals surface area (Å²) in [5.41, 5.74) is 1.99. The molecule has 1 aliphatic heterocycles. The molecule has 1 amide bonds. The second kappa shape index (κ2) is 5.88. The maximum Gasteiger partial charge on any atom is 0.263 e. The first kappa shape index (κ1) is 14.6. The summed E-state index contributed by atoms with van der Waals surface area (Å²) in [6.07, 6.45) is 3.76. The van der Waals surface area contributed by atoms with Gasteiger partial charge < -0.3 is 5.32 Å². The zero-order chi connectivity index (χ0) is 15.8. The van der Waals surface area contributed by atoms with Crippen LogP contribution in [0, 0.1) is 0 Å². The normalized spacial score (nSPS) is 16.3. The van der Waals surface area contributed by atoms with Crippen molar-refractivity contribution >= 4 is 62.4 Å². The van der Waals surface area contributed by atoms with Crippen LogP contribution in [-0.2, 0) is 4.79 Å². The van der Waals surface area contributed by atoms with Gasteiger partial charge in [-0.2, -0.15) is 0 Å². The van der Waals surface area contributed by atoms with Crippen molar-refractivity contribution in [1.29, 1.82) is 0 Å². The zero-order valence-electron chi connectivity index (χ0n) is 11.8. The molecule has 3 aromatic rings. The molecule has 2 aromatic heterocycles. The second-order valence-corrected chi connectivity index (χ2v) is 7.67. The number of amides is 1. The Hall–Kier alpha value is -2.02. The van der Waals surface area contributed by atoms with E-state index >= 15 is 0 Å². The number of hydrogen-bond acceptors (Lipinski definition) is 5. The zero-order valence-corrected chi connectivity index (χ0v) is 14.2. The Morgan fingerprint density at radius 1 is 1.17 bits per heavy atom. The highest BCUT2D eigenvalue weighted by Gasteiger charge is 2.22. The summed E-state index contributed by atoms with van der Waals surface area (Å²) in [7, 11) is 0. The fourth-order valence-electron chi connectivity index (χ4n) is 2.35. The van der Waals surface area contributed by atoms with Crippen LogP contribution < -0.4 is 5.32 Å². The highest BCUT2D eigenvalue weighted by atomic mass is 32.2. The van der Waals surface area contributed by atoms with Crippen molar-refractivity contribution in [3.05, 3.63) is 57.8 Å². The largest absolute Gasteiger partial charge is 0.307 e. The van der Waals surface area contributed by atoms with E-state index in [1.807, 2.05) is 36.5 Å². The summed E-state index contributed by atoms with van der Waals surface area (Å²) in [6, 6.07) is 12.3. The monoisotopic (exact) mass is 354 g/mol. The van der Waals surface area contributed by atoms with Gasteiger partial charge in [0.05, 0.1) is 10.6 Å². The predicted octanol–water partition coefficient (Wildman–Crippen LogP) is 4.45. The molecule has 1 N–H and O–H groups in total. The van der Waals surface area contributed by atoms with Crippen molar-refractivity contribution in [2.24, 2.45) is 0 Å². The first-order chi connectivity index (χ1) is 11.2. The number of thiophene rings is 1. The molecular weight excluding hydrogens is 344 g/mol. The number of nitrogens with one attached hydrogen (secondary N) is 1. The number of thioether (sulfide) groups is 1. The van der Waals surface area contributed by atoms with Crippen LogP contribution in [0.25, 0.3) is 28.1 Å². The molecule has 3 heterocycles. The maximum atomic E-state index is 11.7. The molecule has 0 atom stereocenters. The lowest BCUT2D eigenvalue weighted by Gasteiger charge is -2.00. The van der Waals surface area contributed by atoms with Crippen LogP contribution in [0.1, 0.15) is 4.88 Å². The van der Waals surface area contributed by atoms with E-state index in [1.54, 1.807) is 11.3 Å². The number of nitrogens with zero attached hydrogens (tertiary/aromatic N) is 1. The average molecular weight is 354 g/mol. The van der Waals surface area contributed by atoms with Gasteiger partial charge in [0.25, 0.3) is 5.91 Å². The lowest BCUT2D eigenvalue weighted by Crippen LogP contribution is -2.17. The Balaban J connectivity index is 1.68. The molecule has 0 bridgehead atoms. The number of fused-ring (bicyclic) bond motifs is 1. The van der Waals surface area contributed by atoms with Crippen molar-refractivity contribution in [2.45, 2.75) is 0 Å². The summed E-state index contributed by atoms with van der Waals surface area (Å²) in [5.74, 6) is -0.126. The molecule has 1 aromatic carbocycles. The van der Waals surface area contributed by atoms with Crippen molar-refractivity contribution < 1.29 is 4.79 Å². The molecule has 0 aliphatic carbocycles. The molecule has 0 spiro atoms. The molecule has 1 fully saturated rings. The van der Waals surface area contributed by atoms with Crippen LogP contribution in [0.15, 0.2) is 52.9 Å². The van der Waals surface area contributed by atoms with Crippen molar-refractivity contribution in [3.8, 4) is 11.3 Å². The van der Waals surface area contributed by atoms with Crippen molar-refractivity contribution in [3.63, 3.8) is 0 Å². The highest BCUT2D eigenvalue weighted by molar-refractivity contribution is 8.26. The maximum absolute atomic E-state index is 11.7. The van der Waals surface area contributed by atoms with Gasteiger partial charge in [-0.05, 0) is 23.6 Å². The molecule has 0 unspecified atom stereocenters. The van der Waals surface area contributed by atoms with E-state index in [0.717, 1.165) is 21.5 Å². The Morgan fingerprint density at radius 2 is 2.00 bits per heavy atom. The van der Waals surface area contributed by atoms with Crippen LogP contribution in [0.3, 0.4) is 0 Å². The Labute approximate surface area is 146 Å². The van der Waals surface area contributed by atoms with E-state index in [1.165, 1.54) is 17.1 Å².